The number of rotatable bonds is 7. The minimum Gasteiger partial charge on any atom is -0.496 e. The molecule has 0 amide bonds. The third kappa shape index (κ3) is 6.18. The number of benzene rings is 2. The highest BCUT2D eigenvalue weighted by Gasteiger charge is 2.43. The largest absolute Gasteiger partial charge is 0.496 e. The molecule has 2 nitrogen and oxygen atoms in total. The maximum atomic E-state index is 5.74. The SMILES string of the molecule is COc1c(C)cc(P(C2=CC=C[C]2C(C)P(C(C)(C)C)C(C)(C)C)c2cc(C)c(OC)c(C)c2)cc1C. The molecule has 0 aliphatic heterocycles. The molecule has 2 aromatic rings. The molecule has 201 valence electrons. The number of hydrogen-bond donors (Lipinski definition) is 0. The first-order valence-corrected chi connectivity index (χ1v) is 16.0. The van der Waals surface area contributed by atoms with Gasteiger partial charge in [-0.05, 0) is 114 Å². The molecule has 4 heteroatoms. The molecule has 0 N–H and O–H groups in total. The molecule has 1 aliphatic carbocycles. The molecule has 0 saturated heterocycles. The van der Waals surface area contributed by atoms with E-state index in [9.17, 15) is 0 Å². The lowest BCUT2D eigenvalue weighted by Crippen LogP contribution is -2.33. The van der Waals surface area contributed by atoms with E-state index in [-0.39, 0.29) is 18.2 Å². The van der Waals surface area contributed by atoms with Crippen molar-refractivity contribution in [3.8, 4) is 11.5 Å². The third-order valence-corrected chi connectivity index (χ3v) is 13.5. The van der Waals surface area contributed by atoms with E-state index in [0.29, 0.717) is 5.66 Å². The lowest BCUT2D eigenvalue weighted by Gasteiger charge is -2.47. The minimum atomic E-state index is -0.759. The maximum Gasteiger partial charge on any atom is 0.124 e. The van der Waals surface area contributed by atoms with Crippen LogP contribution in [-0.4, -0.2) is 30.2 Å². The summed E-state index contributed by atoms with van der Waals surface area (Å²) in [5.74, 6) is 3.49. The zero-order valence-corrected chi connectivity index (χ0v) is 27.1. The fourth-order valence-corrected chi connectivity index (χ4v) is 14.3. The van der Waals surface area contributed by atoms with E-state index in [1.54, 1.807) is 14.2 Å². The molecule has 0 spiro atoms. The normalized spacial score (nSPS) is 15.5. The van der Waals surface area contributed by atoms with Gasteiger partial charge >= 0.3 is 0 Å². The highest BCUT2D eigenvalue weighted by molar-refractivity contribution is 7.77. The molecule has 2 aromatic carbocycles. The van der Waals surface area contributed by atoms with Crippen molar-refractivity contribution in [1.82, 2.24) is 0 Å². The van der Waals surface area contributed by atoms with Gasteiger partial charge in [0.25, 0.3) is 0 Å². The molecule has 0 aromatic heterocycles. The summed E-state index contributed by atoms with van der Waals surface area (Å²) in [5.41, 5.74) is 5.27. The van der Waals surface area contributed by atoms with E-state index in [4.69, 9.17) is 9.47 Å². The second-order valence-corrected chi connectivity index (χ2v) is 18.7. The summed E-state index contributed by atoms with van der Waals surface area (Å²) in [4.78, 5) is 0. The Labute approximate surface area is 229 Å². The van der Waals surface area contributed by atoms with Gasteiger partial charge in [-0.2, -0.15) is 0 Å². The predicted octanol–water partition coefficient (Wildman–Crippen LogP) is 8.87. The standard InChI is InChI=1S/C33H47O2P2/c1-21-17-26(18-22(2)30(21)34-12)36(27-19-23(3)31(35-13)24(4)20-27)29-16-14-15-28(29)25(5)37(32(6,7)8)33(9,10)11/h14-20,25H,1-13H3. The number of ether oxygens (including phenoxy) is 2. The summed E-state index contributed by atoms with van der Waals surface area (Å²) in [5, 5.41) is 4.75. The summed E-state index contributed by atoms with van der Waals surface area (Å²) in [6.07, 6.45) is 7.07. The third-order valence-electron chi connectivity index (χ3n) is 7.16. The van der Waals surface area contributed by atoms with Crippen LogP contribution in [0.15, 0.2) is 47.8 Å². The van der Waals surface area contributed by atoms with Gasteiger partial charge in [-0.1, -0.05) is 74.6 Å². The highest BCUT2D eigenvalue weighted by Crippen LogP contribution is 2.67. The van der Waals surface area contributed by atoms with Gasteiger partial charge in [-0.15, -0.1) is 0 Å². The smallest absolute Gasteiger partial charge is 0.124 e. The van der Waals surface area contributed by atoms with Gasteiger partial charge in [0.2, 0.25) is 0 Å². The summed E-state index contributed by atoms with van der Waals surface area (Å²) in [6, 6.07) is 9.41. The zero-order chi connectivity index (χ0) is 27.9. The molecular formula is C33H47O2P2. The van der Waals surface area contributed by atoms with Gasteiger partial charge in [-0.25, -0.2) is 0 Å². The Hall–Kier alpha value is -1.62. The van der Waals surface area contributed by atoms with E-state index < -0.39 is 7.92 Å². The van der Waals surface area contributed by atoms with Crippen molar-refractivity contribution in [2.24, 2.45) is 0 Å². The Bertz CT molecular complexity index is 1070. The Balaban J connectivity index is 2.23. The molecule has 0 heterocycles. The van der Waals surface area contributed by atoms with Crippen LogP contribution in [0.1, 0.15) is 70.7 Å². The van der Waals surface area contributed by atoms with Crippen LogP contribution in [0, 0.1) is 33.6 Å². The molecule has 37 heavy (non-hydrogen) atoms. The molecular weight excluding hydrogens is 490 g/mol. The zero-order valence-electron chi connectivity index (χ0n) is 25.3. The van der Waals surface area contributed by atoms with Crippen molar-refractivity contribution < 1.29 is 9.47 Å². The van der Waals surface area contributed by atoms with Gasteiger partial charge in [0.05, 0.1) is 14.2 Å². The lowest BCUT2D eigenvalue weighted by molar-refractivity contribution is 0.408. The monoisotopic (exact) mass is 537 g/mol. The average Bonchev–Trinajstić information content (AvgIpc) is 3.21. The van der Waals surface area contributed by atoms with Crippen molar-refractivity contribution in [3.05, 3.63) is 76.0 Å². The Morgan fingerprint density at radius 2 is 1.05 bits per heavy atom. The van der Waals surface area contributed by atoms with E-state index in [2.05, 4.69) is 119 Å². The van der Waals surface area contributed by atoms with Crippen LogP contribution in [0.5, 0.6) is 11.5 Å². The minimum absolute atomic E-state index is 0.255. The van der Waals surface area contributed by atoms with Gasteiger partial charge in [-0.3, -0.25) is 0 Å². The quantitative estimate of drug-likeness (QED) is 0.329. The fraction of sp³-hybridized carbons (Fsp3) is 0.485. The first-order valence-electron chi connectivity index (χ1n) is 13.3. The molecule has 1 radical (unpaired) electrons. The second-order valence-electron chi connectivity index (χ2n) is 12.3. The van der Waals surface area contributed by atoms with Crippen LogP contribution in [0.2, 0.25) is 0 Å². The van der Waals surface area contributed by atoms with Crippen molar-refractivity contribution in [2.75, 3.05) is 14.2 Å². The first-order chi connectivity index (χ1) is 17.1. The van der Waals surface area contributed by atoms with Crippen LogP contribution in [0.25, 0.3) is 0 Å². The van der Waals surface area contributed by atoms with Gasteiger partial charge in [0.15, 0.2) is 0 Å². The van der Waals surface area contributed by atoms with E-state index in [1.807, 2.05) is 0 Å². The van der Waals surface area contributed by atoms with Crippen molar-refractivity contribution in [3.63, 3.8) is 0 Å². The van der Waals surface area contributed by atoms with Crippen molar-refractivity contribution >= 4 is 26.5 Å². The molecule has 3 rings (SSSR count). The van der Waals surface area contributed by atoms with Crippen LogP contribution < -0.4 is 20.1 Å². The predicted molar refractivity (Wildman–Crippen MR) is 167 cm³/mol. The summed E-state index contributed by atoms with van der Waals surface area (Å²) >= 11 is 0. The van der Waals surface area contributed by atoms with Crippen LogP contribution in [0.3, 0.4) is 0 Å². The number of hydrogen-bond acceptors (Lipinski definition) is 2. The molecule has 0 bridgehead atoms. The second kappa shape index (κ2) is 11.2. The van der Waals surface area contributed by atoms with Gasteiger partial charge in [0, 0.05) is 5.92 Å². The Morgan fingerprint density at radius 3 is 1.38 bits per heavy atom. The van der Waals surface area contributed by atoms with E-state index >= 15 is 0 Å². The van der Waals surface area contributed by atoms with Crippen LogP contribution in [-0.2, 0) is 0 Å². The van der Waals surface area contributed by atoms with Crippen LogP contribution in [0.4, 0.5) is 0 Å². The number of methoxy groups -OCH3 is 2. The molecule has 1 atom stereocenters. The Kier molecular flexibility index (Phi) is 9.09. The number of aryl methyl sites for hydroxylation is 4. The lowest BCUT2D eigenvalue weighted by atomic mass is 10.1. The topological polar surface area (TPSA) is 18.5 Å². The van der Waals surface area contributed by atoms with Crippen LogP contribution >= 0.6 is 15.8 Å². The molecule has 1 unspecified atom stereocenters. The fourth-order valence-electron chi connectivity index (χ4n) is 6.47. The Morgan fingerprint density at radius 1 is 0.676 bits per heavy atom. The maximum absolute atomic E-state index is 5.74. The summed E-state index contributed by atoms with van der Waals surface area (Å²) in [6.45, 7) is 25.7. The highest BCUT2D eigenvalue weighted by atomic mass is 31.1. The number of allylic oxidation sites excluding steroid dienone is 4. The summed E-state index contributed by atoms with van der Waals surface area (Å²) < 4.78 is 11.5. The van der Waals surface area contributed by atoms with Crippen molar-refractivity contribution in [1.29, 1.82) is 0 Å². The first kappa shape index (κ1) is 29.9. The average molecular weight is 538 g/mol. The molecule has 0 fully saturated rings. The van der Waals surface area contributed by atoms with E-state index in [0.717, 1.165) is 11.5 Å². The molecule has 1 aliphatic rings. The van der Waals surface area contributed by atoms with Gasteiger partial charge < -0.3 is 9.47 Å². The van der Waals surface area contributed by atoms with Crippen molar-refractivity contribution in [2.45, 2.75) is 92.1 Å². The van der Waals surface area contributed by atoms with Gasteiger partial charge in [0.1, 0.15) is 11.5 Å². The summed E-state index contributed by atoms with van der Waals surface area (Å²) in [7, 11) is 2.48. The van der Waals surface area contributed by atoms with E-state index in [1.165, 1.54) is 44.1 Å². The molecule has 0 saturated carbocycles.